The van der Waals surface area contributed by atoms with Crippen LogP contribution in [0.1, 0.15) is 60.8 Å². The lowest BCUT2D eigenvalue weighted by Gasteiger charge is -2.21. The van der Waals surface area contributed by atoms with Gasteiger partial charge in [-0.2, -0.15) is 0 Å². The van der Waals surface area contributed by atoms with Gasteiger partial charge in [0.05, 0.1) is 12.0 Å². The summed E-state index contributed by atoms with van der Waals surface area (Å²) in [4.78, 5) is 28.2. The maximum Gasteiger partial charge on any atom is 0.441 e. The Hall–Kier alpha value is -1.30. The number of carbonyl (C=O) groups excluding carboxylic acids is 2. The fraction of sp³-hybridized carbons (Fsp3) is 0.867. The van der Waals surface area contributed by atoms with Crippen molar-refractivity contribution in [2.75, 3.05) is 0 Å². The first kappa shape index (κ1) is 19.7. The number of hydroxylamine groups is 1. The van der Waals surface area contributed by atoms with E-state index < -0.39 is 29.7 Å². The SMILES string of the molecule is CCC(O)CC(CC(C)C)C(=O)ONC(=O)OC(C)(C)C. The van der Waals surface area contributed by atoms with E-state index in [4.69, 9.17) is 9.57 Å². The molecule has 0 aromatic rings. The van der Waals surface area contributed by atoms with Crippen molar-refractivity contribution in [2.24, 2.45) is 11.8 Å². The van der Waals surface area contributed by atoms with Gasteiger partial charge < -0.3 is 14.7 Å². The van der Waals surface area contributed by atoms with Crippen LogP contribution in [0.2, 0.25) is 0 Å². The van der Waals surface area contributed by atoms with Crippen molar-refractivity contribution in [1.82, 2.24) is 5.48 Å². The van der Waals surface area contributed by atoms with E-state index in [1.807, 2.05) is 26.3 Å². The zero-order valence-electron chi connectivity index (χ0n) is 13.9. The maximum atomic E-state index is 12.0. The minimum absolute atomic E-state index is 0.285. The van der Waals surface area contributed by atoms with Crippen LogP contribution in [0.25, 0.3) is 0 Å². The number of hydrogen-bond acceptors (Lipinski definition) is 5. The average Bonchev–Trinajstić information content (AvgIpc) is 2.32. The molecule has 2 unspecified atom stereocenters. The maximum absolute atomic E-state index is 12.0. The summed E-state index contributed by atoms with van der Waals surface area (Å²) in [6, 6.07) is 0. The Morgan fingerprint density at radius 1 is 1.19 bits per heavy atom. The monoisotopic (exact) mass is 303 g/mol. The third-order valence-electron chi connectivity index (χ3n) is 2.75. The lowest BCUT2D eigenvalue weighted by atomic mass is 9.91. The van der Waals surface area contributed by atoms with Crippen LogP contribution in [0.4, 0.5) is 4.79 Å². The van der Waals surface area contributed by atoms with Crippen LogP contribution >= 0.6 is 0 Å². The molecule has 1 amide bonds. The number of aliphatic hydroxyl groups excluding tert-OH is 1. The Morgan fingerprint density at radius 2 is 1.76 bits per heavy atom. The van der Waals surface area contributed by atoms with Gasteiger partial charge in [-0.05, 0) is 46.0 Å². The molecule has 0 heterocycles. The Labute approximate surface area is 127 Å². The van der Waals surface area contributed by atoms with E-state index >= 15 is 0 Å². The summed E-state index contributed by atoms with van der Waals surface area (Å²) in [5.41, 5.74) is 1.33. The molecule has 21 heavy (non-hydrogen) atoms. The number of ether oxygens (including phenoxy) is 1. The number of carbonyl (C=O) groups is 2. The highest BCUT2D eigenvalue weighted by Crippen LogP contribution is 2.20. The molecule has 6 nitrogen and oxygen atoms in total. The van der Waals surface area contributed by atoms with Gasteiger partial charge in [0.15, 0.2) is 0 Å². The molecular weight excluding hydrogens is 274 g/mol. The molecule has 6 heteroatoms. The standard InChI is InChI=1S/C15H29NO5/c1-7-12(17)9-11(8-10(2)3)13(18)21-16-14(19)20-15(4,5)6/h10-12,17H,7-9H2,1-6H3,(H,16,19). The van der Waals surface area contributed by atoms with Crippen LogP contribution in [0.3, 0.4) is 0 Å². The molecule has 2 atom stereocenters. The van der Waals surface area contributed by atoms with Crippen LogP contribution in [0.5, 0.6) is 0 Å². The van der Waals surface area contributed by atoms with Crippen molar-refractivity contribution >= 4 is 12.1 Å². The van der Waals surface area contributed by atoms with E-state index in [1.54, 1.807) is 20.8 Å². The summed E-state index contributed by atoms with van der Waals surface area (Å²) in [5, 5.41) is 9.70. The summed E-state index contributed by atoms with van der Waals surface area (Å²) >= 11 is 0. The molecular formula is C15H29NO5. The van der Waals surface area contributed by atoms with Crippen LogP contribution in [-0.4, -0.2) is 28.9 Å². The molecule has 0 aromatic carbocycles. The molecule has 0 fully saturated rings. The van der Waals surface area contributed by atoms with E-state index in [2.05, 4.69) is 0 Å². The highest BCUT2D eigenvalue weighted by Gasteiger charge is 2.26. The number of rotatable bonds is 6. The predicted octanol–water partition coefficient (Wildman–Crippen LogP) is 2.79. The topological polar surface area (TPSA) is 84.9 Å². The third kappa shape index (κ3) is 10.1. The van der Waals surface area contributed by atoms with Gasteiger partial charge in [-0.1, -0.05) is 20.8 Å². The number of amides is 1. The van der Waals surface area contributed by atoms with E-state index in [-0.39, 0.29) is 5.92 Å². The van der Waals surface area contributed by atoms with Crippen LogP contribution in [0.15, 0.2) is 0 Å². The normalized spacial score (nSPS) is 14.5. The van der Waals surface area contributed by atoms with E-state index in [0.29, 0.717) is 19.3 Å². The molecule has 0 aliphatic heterocycles. The van der Waals surface area contributed by atoms with Crippen molar-refractivity contribution in [3.05, 3.63) is 0 Å². The van der Waals surface area contributed by atoms with Crippen molar-refractivity contribution < 1.29 is 24.3 Å². The van der Waals surface area contributed by atoms with Crippen molar-refractivity contribution in [3.63, 3.8) is 0 Å². The molecule has 0 aromatic heterocycles. The highest BCUT2D eigenvalue weighted by molar-refractivity contribution is 5.75. The van der Waals surface area contributed by atoms with Gasteiger partial charge in [-0.3, -0.25) is 0 Å². The van der Waals surface area contributed by atoms with Crippen LogP contribution in [0, 0.1) is 11.8 Å². The molecule has 0 radical (unpaired) electrons. The smallest absolute Gasteiger partial charge is 0.441 e. The molecule has 0 saturated carbocycles. The van der Waals surface area contributed by atoms with Gasteiger partial charge in [-0.15, -0.1) is 5.48 Å². The minimum Gasteiger partial charge on any atom is -0.442 e. The van der Waals surface area contributed by atoms with Gasteiger partial charge in [0.25, 0.3) is 0 Å². The highest BCUT2D eigenvalue weighted by atomic mass is 16.7. The van der Waals surface area contributed by atoms with Crippen molar-refractivity contribution in [1.29, 1.82) is 0 Å². The molecule has 124 valence electrons. The second-order valence-corrected chi connectivity index (χ2v) is 6.65. The summed E-state index contributed by atoms with van der Waals surface area (Å²) in [5.74, 6) is -0.718. The average molecular weight is 303 g/mol. The molecule has 0 aliphatic carbocycles. The van der Waals surface area contributed by atoms with E-state index in [1.165, 1.54) is 0 Å². The molecule has 0 rings (SSSR count). The van der Waals surface area contributed by atoms with Crippen LogP contribution in [-0.2, 0) is 14.4 Å². The summed E-state index contributed by atoms with van der Waals surface area (Å²) in [6.07, 6.45) is 0.120. The minimum atomic E-state index is -0.810. The lowest BCUT2D eigenvalue weighted by molar-refractivity contribution is -0.157. The van der Waals surface area contributed by atoms with Gasteiger partial charge in [0.2, 0.25) is 0 Å². The summed E-state index contributed by atoms with van der Waals surface area (Å²) in [7, 11) is 0. The van der Waals surface area contributed by atoms with E-state index in [9.17, 15) is 14.7 Å². The largest absolute Gasteiger partial charge is 0.442 e. The lowest BCUT2D eigenvalue weighted by Crippen LogP contribution is -2.36. The quantitative estimate of drug-likeness (QED) is 0.737. The second-order valence-electron chi connectivity index (χ2n) is 6.65. The second kappa shape index (κ2) is 8.87. The third-order valence-corrected chi connectivity index (χ3v) is 2.75. The molecule has 0 aliphatic rings. The number of nitrogens with one attached hydrogen (secondary N) is 1. The first-order chi connectivity index (χ1) is 9.55. The number of aliphatic hydroxyl groups is 1. The number of hydrogen-bond donors (Lipinski definition) is 2. The molecule has 0 saturated heterocycles. The molecule has 0 bridgehead atoms. The van der Waals surface area contributed by atoms with Gasteiger partial charge in [0, 0.05) is 0 Å². The Morgan fingerprint density at radius 3 is 2.19 bits per heavy atom. The zero-order valence-corrected chi connectivity index (χ0v) is 13.9. The Kier molecular flexibility index (Phi) is 8.32. The molecule has 0 spiro atoms. The van der Waals surface area contributed by atoms with Gasteiger partial charge in [0.1, 0.15) is 5.60 Å². The summed E-state index contributed by atoms with van der Waals surface area (Å²) in [6.45, 7) is 11.0. The fourth-order valence-electron chi connectivity index (χ4n) is 1.83. The van der Waals surface area contributed by atoms with Gasteiger partial charge in [-0.25, -0.2) is 9.59 Å². The first-order valence-corrected chi connectivity index (χ1v) is 7.42. The zero-order chi connectivity index (χ0) is 16.6. The molecule has 2 N–H and O–H groups in total. The van der Waals surface area contributed by atoms with Crippen molar-refractivity contribution in [2.45, 2.75) is 72.5 Å². The first-order valence-electron chi connectivity index (χ1n) is 7.42. The summed E-state index contributed by atoms with van der Waals surface area (Å²) < 4.78 is 4.97. The van der Waals surface area contributed by atoms with Crippen molar-refractivity contribution in [3.8, 4) is 0 Å². The fourth-order valence-corrected chi connectivity index (χ4v) is 1.83. The predicted molar refractivity (Wildman–Crippen MR) is 79.3 cm³/mol. The van der Waals surface area contributed by atoms with Crippen LogP contribution < -0.4 is 5.48 Å². The van der Waals surface area contributed by atoms with E-state index in [0.717, 1.165) is 0 Å². The Balaban J connectivity index is 4.43. The Bertz CT molecular complexity index is 335. The van der Waals surface area contributed by atoms with Gasteiger partial charge >= 0.3 is 12.1 Å².